The van der Waals surface area contributed by atoms with Crippen molar-refractivity contribution in [2.75, 3.05) is 0 Å². The average Bonchev–Trinajstić information content (AvgIpc) is 3.38. The SMILES string of the molecule is Cc1cncc(C)c1Oc1cc(S(N)(=O)=O)sc1-c1cn(C)c(=O)c2[nH]c(C(=O)NC(C)C)cc12. The van der Waals surface area contributed by atoms with Gasteiger partial charge >= 0.3 is 0 Å². The fraction of sp³-hybridized carbons (Fsp3) is 0.261. The summed E-state index contributed by atoms with van der Waals surface area (Å²) >= 11 is 0.925. The Hall–Kier alpha value is -3.48. The number of thiophene rings is 1. The minimum Gasteiger partial charge on any atom is -0.455 e. The van der Waals surface area contributed by atoms with Crippen LogP contribution in [0.2, 0.25) is 0 Å². The Kier molecular flexibility index (Phi) is 6.30. The number of rotatable bonds is 6. The molecular weight excluding hydrogens is 490 g/mol. The van der Waals surface area contributed by atoms with Crippen LogP contribution < -0.4 is 20.8 Å². The highest BCUT2D eigenvalue weighted by atomic mass is 32.2. The molecule has 0 radical (unpaired) electrons. The predicted octanol–water partition coefficient (Wildman–Crippen LogP) is 3.18. The maximum absolute atomic E-state index is 12.8. The molecular formula is C23H25N5O5S2. The number of nitrogens with two attached hydrogens (primary N) is 1. The molecule has 0 aliphatic heterocycles. The summed E-state index contributed by atoms with van der Waals surface area (Å²) in [7, 11) is -2.46. The molecule has 4 heterocycles. The molecule has 35 heavy (non-hydrogen) atoms. The van der Waals surface area contributed by atoms with Crippen LogP contribution in [0.5, 0.6) is 11.5 Å². The first kappa shape index (κ1) is 24.6. The number of nitrogens with zero attached hydrogens (tertiary/aromatic N) is 2. The van der Waals surface area contributed by atoms with E-state index in [1.807, 2.05) is 27.7 Å². The number of H-pyrrole nitrogens is 1. The molecule has 0 saturated heterocycles. The third-order valence-electron chi connectivity index (χ3n) is 5.29. The van der Waals surface area contributed by atoms with Crippen molar-refractivity contribution < 1.29 is 17.9 Å². The van der Waals surface area contributed by atoms with Gasteiger partial charge in [0, 0.05) is 59.8 Å². The Morgan fingerprint density at radius 1 is 1.23 bits per heavy atom. The van der Waals surface area contributed by atoms with E-state index in [0.29, 0.717) is 21.6 Å². The molecule has 4 rings (SSSR count). The number of sulfonamides is 1. The van der Waals surface area contributed by atoms with Gasteiger partial charge in [-0.25, -0.2) is 13.6 Å². The van der Waals surface area contributed by atoms with Crippen molar-refractivity contribution in [2.24, 2.45) is 12.2 Å². The van der Waals surface area contributed by atoms with Gasteiger partial charge < -0.3 is 19.6 Å². The number of aromatic amines is 1. The van der Waals surface area contributed by atoms with E-state index in [-0.39, 0.29) is 38.7 Å². The summed E-state index contributed by atoms with van der Waals surface area (Å²) in [5, 5.41) is 8.68. The summed E-state index contributed by atoms with van der Waals surface area (Å²) in [6.45, 7) is 7.33. The van der Waals surface area contributed by atoms with Crippen LogP contribution in [0.1, 0.15) is 35.5 Å². The summed E-state index contributed by atoms with van der Waals surface area (Å²) in [5.41, 5.74) is 2.13. The molecule has 0 aliphatic rings. The zero-order valence-corrected chi connectivity index (χ0v) is 21.4. The van der Waals surface area contributed by atoms with Gasteiger partial charge in [-0.3, -0.25) is 14.6 Å². The number of amides is 1. The molecule has 4 aromatic rings. The number of carbonyl (C=O) groups is 1. The van der Waals surface area contributed by atoms with Crippen molar-refractivity contribution in [2.45, 2.75) is 37.9 Å². The largest absolute Gasteiger partial charge is 0.455 e. The molecule has 0 fully saturated rings. The average molecular weight is 516 g/mol. The minimum absolute atomic E-state index is 0.0952. The number of hydrogen-bond acceptors (Lipinski definition) is 7. The lowest BCUT2D eigenvalue weighted by molar-refractivity contribution is 0.0939. The Morgan fingerprint density at radius 3 is 2.49 bits per heavy atom. The maximum Gasteiger partial charge on any atom is 0.274 e. The highest BCUT2D eigenvalue weighted by Crippen LogP contribution is 2.45. The highest BCUT2D eigenvalue weighted by molar-refractivity contribution is 7.91. The lowest BCUT2D eigenvalue weighted by Crippen LogP contribution is -2.30. The molecule has 4 N–H and O–H groups in total. The molecule has 4 aromatic heterocycles. The van der Waals surface area contributed by atoms with E-state index in [1.54, 1.807) is 31.7 Å². The second-order valence-electron chi connectivity index (χ2n) is 8.57. The number of pyridine rings is 2. The van der Waals surface area contributed by atoms with Crippen molar-refractivity contribution in [3.05, 3.63) is 57.9 Å². The summed E-state index contributed by atoms with van der Waals surface area (Å²) < 4.78 is 31.9. The molecule has 0 bridgehead atoms. The zero-order valence-electron chi connectivity index (χ0n) is 19.8. The van der Waals surface area contributed by atoms with Crippen LogP contribution in [0, 0.1) is 13.8 Å². The number of primary sulfonamides is 1. The number of carbonyl (C=O) groups excluding carboxylic acids is 1. The van der Waals surface area contributed by atoms with Crippen LogP contribution in [0.4, 0.5) is 0 Å². The lowest BCUT2D eigenvalue weighted by atomic mass is 10.1. The number of fused-ring (bicyclic) bond motifs is 1. The van der Waals surface area contributed by atoms with E-state index in [9.17, 15) is 18.0 Å². The fourth-order valence-corrected chi connectivity index (χ4v) is 5.52. The molecule has 0 saturated carbocycles. The molecule has 1 amide bonds. The van der Waals surface area contributed by atoms with E-state index in [0.717, 1.165) is 22.5 Å². The van der Waals surface area contributed by atoms with Crippen LogP contribution in [0.15, 0.2) is 39.7 Å². The van der Waals surface area contributed by atoms with E-state index in [4.69, 9.17) is 9.88 Å². The molecule has 0 unspecified atom stereocenters. The zero-order chi connectivity index (χ0) is 25.7. The van der Waals surface area contributed by atoms with Crippen molar-refractivity contribution in [3.63, 3.8) is 0 Å². The van der Waals surface area contributed by atoms with Gasteiger partial charge in [-0.05, 0) is 33.8 Å². The Balaban J connectivity index is 1.97. The van der Waals surface area contributed by atoms with Crippen molar-refractivity contribution >= 4 is 38.2 Å². The van der Waals surface area contributed by atoms with E-state index in [1.165, 1.54) is 10.6 Å². The van der Waals surface area contributed by atoms with E-state index < -0.39 is 10.0 Å². The molecule has 184 valence electrons. The quantitative estimate of drug-likeness (QED) is 0.359. The Labute approximate surface area is 205 Å². The molecule has 0 atom stereocenters. The van der Waals surface area contributed by atoms with Gasteiger partial charge in [-0.2, -0.15) is 0 Å². The summed E-state index contributed by atoms with van der Waals surface area (Å²) in [6.07, 6.45) is 4.87. The monoisotopic (exact) mass is 515 g/mol. The summed E-state index contributed by atoms with van der Waals surface area (Å²) in [6, 6.07) is 2.84. The van der Waals surface area contributed by atoms with E-state index in [2.05, 4.69) is 15.3 Å². The van der Waals surface area contributed by atoms with Gasteiger partial charge in [0.15, 0.2) is 0 Å². The first-order chi connectivity index (χ1) is 16.4. The highest BCUT2D eigenvalue weighted by Gasteiger charge is 2.24. The van der Waals surface area contributed by atoms with Crippen molar-refractivity contribution in [1.29, 1.82) is 0 Å². The van der Waals surface area contributed by atoms with Gasteiger partial charge in [0.25, 0.3) is 11.5 Å². The first-order valence-corrected chi connectivity index (χ1v) is 13.0. The predicted molar refractivity (Wildman–Crippen MR) is 135 cm³/mol. The first-order valence-electron chi connectivity index (χ1n) is 10.7. The third-order valence-corrected chi connectivity index (χ3v) is 7.86. The fourth-order valence-electron chi connectivity index (χ4n) is 3.69. The lowest BCUT2D eigenvalue weighted by Gasteiger charge is -2.12. The summed E-state index contributed by atoms with van der Waals surface area (Å²) in [5.74, 6) is 0.429. The number of aryl methyl sites for hydroxylation is 3. The van der Waals surface area contributed by atoms with Crippen LogP contribution >= 0.6 is 11.3 Å². The van der Waals surface area contributed by atoms with E-state index >= 15 is 0 Å². The number of hydrogen-bond donors (Lipinski definition) is 3. The normalized spacial score (nSPS) is 11.9. The second kappa shape index (κ2) is 8.95. The number of ether oxygens (including phenoxy) is 1. The standard InChI is InChI=1S/C23H25N5O5S2/c1-11(2)26-22(29)16-6-14-15(10-28(5)23(30)19(14)27-16)21-17(7-18(34-21)35(24,31)32)33-20-12(3)8-25-9-13(20)4/h6-11,27H,1-5H3,(H,26,29)(H2,24,31,32). The van der Waals surface area contributed by atoms with Gasteiger partial charge in [-0.1, -0.05) is 0 Å². The topological polar surface area (TPSA) is 149 Å². The van der Waals surface area contributed by atoms with Crippen molar-refractivity contribution in [3.8, 4) is 21.9 Å². The van der Waals surface area contributed by atoms with Gasteiger partial charge in [0.1, 0.15) is 26.9 Å². The molecule has 0 spiro atoms. The van der Waals surface area contributed by atoms with Crippen LogP contribution in [-0.4, -0.2) is 34.9 Å². The molecule has 0 aromatic carbocycles. The van der Waals surface area contributed by atoms with Gasteiger partial charge in [0.2, 0.25) is 10.0 Å². The smallest absolute Gasteiger partial charge is 0.274 e. The van der Waals surface area contributed by atoms with Crippen LogP contribution in [-0.2, 0) is 17.1 Å². The van der Waals surface area contributed by atoms with Crippen molar-refractivity contribution in [1.82, 2.24) is 19.9 Å². The molecule has 0 aliphatic carbocycles. The number of aromatic nitrogens is 3. The Morgan fingerprint density at radius 2 is 1.89 bits per heavy atom. The maximum atomic E-state index is 12.8. The van der Waals surface area contributed by atoms with Crippen LogP contribution in [0.25, 0.3) is 21.3 Å². The van der Waals surface area contributed by atoms with Gasteiger partial charge in [0.05, 0.1) is 4.88 Å². The second-order valence-corrected chi connectivity index (χ2v) is 11.4. The number of nitrogens with one attached hydrogen (secondary N) is 2. The van der Waals surface area contributed by atoms with Crippen LogP contribution in [0.3, 0.4) is 0 Å². The Bertz CT molecular complexity index is 1610. The summed E-state index contributed by atoms with van der Waals surface area (Å²) in [4.78, 5) is 33.0. The third kappa shape index (κ3) is 4.72. The molecule has 12 heteroatoms. The minimum atomic E-state index is -4.03. The molecule has 10 nitrogen and oxygen atoms in total. The van der Waals surface area contributed by atoms with Gasteiger partial charge in [-0.15, -0.1) is 11.3 Å².